The molecule has 0 aromatic carbocycles. The number of nitrogens with two attached hydrogens (primary N) is 1. The van der Waals surface area contributed by atoms with E-state index in [1.165, 1.54) is 6.42 Å². The molecule has 1 heterocycles. The molecule has 0 aromatic rings. The van der Waals surface area contributed by atoms with Crippen LogP contribution in [0.25, 0.3) is 0 Å². The van der Waals surface area contributed by atoms with Crippen molar-refractivity contribution in [3.63, 3.8) is 0 Å². The van der Waals surface area contributed by atoms with E-state index in [-0.39, 0.29) is 17.6 Å². The molecule has 2 rings (SSSR count). The minimum absolute atomic E-state index is 0.0852. The summed E-state index contributed by atoms with van der Waals surface area (Å²) < 4.78 is 0. The second-order valence-electron chi connectivity index (χ2n) is 4.44. The fourth-order valence-corrected chi connectivity index (χ4v) is 2.62. The number of nitrogens with zero attached hydrogens (tertiary/aromatic N) is 1. The van der Waals surface area contributed by atoms with Crippen molar-refractivity contribution in [1.29, 1.82) is 0 Å². The number of thiocarbonyl (C=S) groups is 1. The lowest BCUT2D eigenvalue weighted by Crippen LogP contribution is -2.47. The van der Waals surface area contributed by atoms with Crippen molar-refractivity contribution in [1.82, 2.24) is 10.2 Å². The third kappa shape index (κ3) is 2.16. The fourth-order valence-electron chi connectivity index (χ4n) is 2.55. The Balaban J connectivity index is 1.88. The van der Waals surface area contributed by atoms with E-state index in [0.29, 0.717) is 5.92 Å². The Kier molecular flexibility index (Phi) is 3.09. The van der Waals surface area contributed by atoms with Gasteiger partial charge in [-0.1, -0.05) is 12.2 Å². The fraction of sp³-hybridized carbons (Fsp3) is 0.700. The zero-order valence-electron chi connectivity index (χ0n) is 8.94. The molecule has 88 valence electrons. The molecule has 16 heavy (non-hydrogen) atoms. The molecule has 2 bridgehead atoms. The van der Waals surface area contributed by atoms with E-state index < -0.39 is 11.8 Å². The highest BCUT2D eigenvalue weighted by atomic mass is 32.1. The van der Waals surface area contributed by atoms with Gasteiger partial charge in [-0.05, 0) is 25.2 Å². The molecule has 0 aromatic heterocycles. The van der Waals surface area contributed by atoms with Gasteiger partial charge in [0.2, 0.25) is 0 Å². The minimum Gasteiger partial charge on any atom is -0.392 e. The van der Waals surface area contributed by atoms with Crippen molar-refractivity contribution in [2.75, 3.05) is 13.1 Å². The van der Waals surface area contributed by atoms with Crippen molar-refractivity contribution in [3.8, 4) is 0 Å². The van der Waals surface area contributed by atoms with Crippen LogP contribution in [0, 0.1) is 5.92 Å². The van der Waals surface area contributed by atoms with Gasteiger partial charge in [0.05, 0.1) is 11.5 Å². The van der Waals surface area contributed by atoms with Gasteiger partial charge >= 0.3 is 11.8 Å². The highest BCUT2D eigenvalue weighted by Gasteiger charge is 2.41. The molecule has 1 aliphatic heterocycles. The zero-order chi connectivity index (χ0) is 11.7. The number of carbonyl (C=O) groups is 2. The largest absolute Gasteiger partial charge is 0.392 e. The van der Waals surface area contributed by atoms with E-state index in [1.807, 2.05) is 0 Å². The molecule has 0 spiro atoms. The summed E-state index contributed by atoms with van der Waals surface area (Å²) in [5, 5.41) is 2.42. The SMILES string of the molecule is NC(=S)CNC(=O)C(=O)N1CC2CCC1C2. The van der Waals surface area contributed by atoms with E-state index in [9.17, 15) is 9.59 Å². The molecule has 2 amide bonds. The number of fused-ring (bicyclic) bond motifs is 2. The van der Waals surface area contributed by atoms with E-state index >= 15 is 0 Å². The summed E-state index contributed by atoms with van der Waals surface area (Å²) in [7, 11) is 0. The first-order chi connectivity index (χ1) is 7.58. The quantitative estimate of drug-likeness (QED) is 0.500. The van der Waals surface area contributed by atoms with Gasteiger partial charge in [-0.3, -0.25) is 9.59 Å². The second-order valence-corrected chi connectivity index (χ2v) is 4.96. The number of likely N-dealkylation sites (tertiary alicyclic amines) is 1. The number of piperidine rings is 1. The molecule has 1 saturated heterocycles. The lowest BCUT2D eigenvalue weighted by molar-refractivity contribution is -0.146. The first-order valence-electron chi connectivity index (χ1n) is 5.45. The van der Waals surface area contributed by atoms with Crippen molar-refractivity contribution < 1.29 is 9.59 Å². The van der Waals surface area contributed by atoms with Crippen LogP contribution < -0.4 is 11.1 Å². The number of hydrogen-bond donors (Lipinski definition) is 2. The van der Waals surface area contributed by atoms with Gasteiger partial charge in [0.25, 0.3) is 0 Å². The average molecular weight is 241 g/mol. The lowest BCUT2D eigenvalue weighted by Gasteiger charge is -2.26. The molecule has 1 saturated carbocycles. The van der Waals surface area contributed by atoms with Crippen LogP contribution >= 0.6 is 12.2 Å². The van der Waals surface area contributed by atoms with Gasteiger partial charge in [-0.25, -0.2) is 0 Å². The minimum atomic E-state index is -0.597. The van der Waals surface area contributed by atoms with Gasteiger partial charge in [-0.15, -0.1) is 0 Å². The predicted molar refractivity (Wildman–Crippen MR) is 62.6 cm³/mol. The topological polar surface area (TPSA) is 75.4 Å². The van der Waals surface area contributed by atoms with Gasteiger partial charge < -0.3 is 16.0 Å². The summed E-state index contributed by atoms with van der Waals surface area (Å²) in [6, 6.07) is 0.271. The average Bonchev–Trinajstić information content (AvgIpc) is 2.86. The van der Waals surface area contributed by atoms with Gasteiger partial charge in [0, 0.05) is 12.6 Å². The first kappa shape index (κ1) is 11.3. The zero-order valence-corrected chi connectivity index (χ0v) is 9.76. The van der Waals surface area contributed by atoms with Gasteiger partial charge in [0.15, 0.2) is 0 Å². The van der Waals surface area contributed by atoms with Crippen LogP contribution in [0.1, 0.15) is 19.3 Å². The van der Waals surface area contributed by atoms with E-state index in [1.54, 1.807) is 4.90 Å². The van der Waals surface area contributed by atoms with Crippen LogP contribution in [0.3, 0.4) is 0 Å². The molecule has 2 fully saturated rings. The van der Waals surface area contributed by atoms with Gasteiger partial charge in [0.1, 0.15) is 0 Å². The van der Waals surface area contributed by atoms with Crippen LogP contribution in [0.4, 0.5) is 0 Å². The maximum Gasteiger partial charge on any atom is 0.312 e. The number of hydrogen-bond acceptors (Lipinski definition) is 3. The predicted octanol–water partition coefficient (Wildman–Crippen LogP) is -0.600. The number of nitrogens with one attached hydrogen (secondary N) is 1. The summed E-state index contributed by atoms with van der Waals surface area (Å²) in [6.07, 6.45) is 3.26. The molecule has 2 unspecified atom stereocenters. The highest BCUT2D eigenvalue weighted by molar-refractivity contribution is 7.80. The van der Waals surface area contributed by atoms with Crippen molar-refractivity contribution in [2.45, 2.75) is 25.3 Å². The van der Waals surface area contributed by atoms with Crippen LogP contribution in [0.5, 0.6) is 0 Å². The third-order valence-electron chi connectivity index (χ3n) is 3.29. The lowest BCUT2D eigenvalue weighted by atomic mass is 10.1. The Labute approximate surface area is 99.3 Å². The Bertz CT molecular complexity index is 345. The molecule has 6 heteroatoms. The Morgan fingerprint density at radius 3 is 2.69 bits per heavy atom. The maximum absolute atomic E-state index is 11.8. The Morgan fingerprint density at radius 1 is 1.44 bits per heavy atom. The molecule has 2 aliphatic rings. The maximum atomic E-state index is 11.8. The van der Waals surface area contributed by atoms with Crippen LogP contribution in [-0.4, -0.2) is 40.8 Å². The monoisotopic (exact) mass is 241 g/mol. The molecule has 2 atom stereocenters. The number of rotatable bonds is 2. The smallest absolute Gasteiger partial charge is 0.312 e. The van der Waals surface area contributed by atoms with E-state index in [4.69, 9.17) is 5.73 Å². The highest BCUT2D eigenvalue weighted by Crippen LogP contribution is 2.37. The summed E-state index contributed by atoms with van der Waals surface area (Å²) in [5.74, 6) is -0.443. The Hall–Kier alpha value is -1.17. The molecule has 0 radical (unpaired) electrons. The molecule has 1 aliphatic carbocycles. The number of amides is 2. The van der Waals surface area contributed by atoms with E-state index in [2.05, 4.69) is 17.5 Å². The summed E-state index contributed by atoms with van der Waals surface area (Å²) >= 11 is 4.63. The van der Waals surface area contributed by atoms with Crippen molar-refractivity contribution in [3.05, 3.63) is 0 Å². The first-order valence-corrected chi connectivity index (χ1v) is 5.86. The second kappa shape index (κ2) is 4.37. The number of carbonyl (C=O) groups excluding carboxylic acids is 2. The molecule has 3 N–H and O–H groups in total. The van der Waals surface area contributed by atoms with Crippen LogP contribution in [0.15, 0.2) is 0 Å². The van der Waals surface area contributed by atoms with Crippen molar-refractivity contribution >= 4 is 29.0 Å². The normalized spacial score (nSPS) is 26.9. The van der Waals surface area contributed by atoms with Crippen LogP contribution in [-0.2, 0) is 9.59 Å². The molecular formula is C10H15N3O2S. The summed E-state index contributed by atoms with van der Waals surface area (Å²) in [5.41, 5.74) is 5.25. The van der Waals surface area contributed by atoms with Gasteiger partial charge in [-0.2, -0.15) is 0 Å². The van der Waals surface area contributed by atoms with E-state index in [0.717, 1.165) is 19.4 Å². The van der Waals surface area contributed by atoms with Crippen LogP contribution in [0.2, 0.25) is 0 Å². The molecule has 5 nitrogen and oxygen atoms in total. The summed E-state index contributed by atoms with van der Waals surface area (Å²) in [6.45, 7) is 0.811. The third-order valence-corrected chi connectivity index (χ3v) is 3.43. The summed E-state index contributed by atoms with van der Waals surface area (Å²) in [4.78, 5) is 25.1. The molecular weight excluding hydrogens is 226 g/mol. The standard InChI is InChI=1S/C10H15N3O2S/c11-8(16)4-12-9(14)10(15)13-5-6-1-2-7(13)3-6/h6-7H,1-5H2,(H2,11,16)(H,12,14). The van der Waals surface area contributed by atoms with Crippen molar-refractivity contribution in [2.24, 2.45) is 11.7 Å². The Morgan fingerprint density at radius 2 is 2.19 bits per heavy atom.